The zero-order valence-corrected chi connectivity index (χ0v) is 21.4. The van der Waals surface area contributed by atoms with E-state index in [9.17, 15) is 10.1 Å². The number of amidine groups is 1. The summed E-state index contributed by atoms with van der Waals surface area (Å²) in [5.74, 6) is -0.0479. The lowest BCUT2D eigenvalue weighted by Crippen LogP contribution is -2.29. The molecule has 1 aliphatic carbocycles. The summed E-state index contributed by atoms with van der Waals surface area (Å²) < 4.78 is 0. The Kier molecular flexibility index (Phi) is 6.84. The highest BCUT2D eigenvalue weighted by atomic mass is 32.2. The predicted molar refractivity (Wildman–Crippen MR) is 143 cm³/mol. The van der Waals surface area contributed by atoms with Gasteiger partial charge in [-0.2, -0.15) is 5.26 Å². The van der Waals surface area contributed by atoms with Crippen LogP contribution in [0, 0.1) is 11.3 Å². The zero-order valence-electron chi connectivity index (χ0n) is 19.7. The van der Waals surface area contributed by atoms with Gasteiger partial charge in [0, 0.05) is 36.6 Å². The Morgan fingerprint density at radius 3 is 2.83 bits per heavy atom. The first kappa shape index (κ1) is 23.5. The van der Waals surface area contributed by atoms with Gasteiger partial charge in [-0.15, -0.1) is 0 Å². The molecule has 1 N–H and O–H groups in total. The number of nitrogens with one attached hydrogen (secondary N) is 1. The molecule has 0 saturated carbocycles. The van der Waals surface area contributed by atoms with Crippen LogP contribution >= 0.6 is 23.5 Å². The van der Waals surface area contributed by atoms with E-state index < -0.39 is 0 Å². The van der Waals surface area contributed by atoms with E-state index >= 15 is 0 Å². The third-order valence-corrected chi connectivity index (χ3v) is 8.70. The van der Waals surface area contributed by atoms with Crippen LogP contribution in [0.5, 0.6) is 0 Å². The average molecular weight is 503 g/mol. The monoisotopic (exact) mass is 502 g/mol. The Bertz CT molecular complexity index is 1290. The van der Waals surface area contributed by atoms with Crippen LogP contribution in [0.1, 0.15) is 43.7 Å². The van der Waals surface area contributed by atoms with Gasteiger partial charge in [0.15, 0.2) is 5.17 Å². The molecular formula is C26H26N6OS2. The van der Waals surface area contributed by atoms with Crippen molar-refractivity contribution < 1.29 is 4.79 Å². The smallest absolute Gasteiger partial charge is 0.269 e. The normalized spacial score (nSPS) is 21.1. The van der Waals surface area contributed by atoms with Crippen molar-refractivity contribution in [1.29, 1.82) is 5.26 Å². The number of anilines is 1. The van der Waals surface area contributed by atoms with E-state index in [2.05, 4.69) is 28.3 Å². The van der Waals surface area contributed by atoms with Gasteiger partial charge in [0.05, 0.1) is 34.6 Å². The first-order valence-corrected chi connectivity index (χ1v) is 13.4. The summed E-state index contributed by atoms with van der Waals surface area (Å²) >= 11 is 3.15. The van der Waals surface area contributed by atoms with E-state index in [-0.39, 0.29) is 5.91 Å². The largest absolute Gasteiger partial charge is 0.384 e. The molecule has 3 heterocycles. The number of nitrogens with zero attached hydrogens (tertiary/aromatic N) is 5. The Labute approximate surface area is 214 Å². The molecule has 0 bridgehead atoms. The zero-order chi connectivity index (χ0) is 24.4. The van der Waals surface area contributed by atoms with Gasteiger partial charge in [-0.1, -0.05) is 17.8 Å². The second-order valence-electron chi connectivity index (χ2n) is 8.50. The lowest BCUT2D eigenvalue weighted by molar-refractivity contribution is -0.122. The lowest BCUT2D eigenvalue weighted by atomic mass is 10.0. The molecule has 1 amide bonds. The maximum Gasteiger partial charge on any atom is 0.269 e. The van der Waals surface area contributed by atoms with E-state index in [0.717, 1.165) is 35.7 Å². The first-order chi connectivity index (χ1) is 17.1. The molecule has 1 fully saturated rings. The third-order valence-electron chi connectivity index (χ3n) is 6.15. The van der Waals surface area contributed by atoms with Crippen LogP contribution in [0.4, 0.5) is 11.4 Å². The van der Waals surface area contributed by atoms with Gasteiger partial charge in [-0.25, -0.2) is 4.99 Å². The highest BCUT2D eigenvalue weighted by Crippen LogP contribution is 2.51. The number of thioether (sulfide) groups is 2. The second kappa shape index (κ2) is 10.2. The minimum Gasteiger partial charge on any atom is -0.384 e. The third kappa shape index (κ3) is 4.68. The van der Waals surface area contributed by atoms with Crippen molar-refractivity contribution in [3.63, 3.8) is 0 Å². The molecule has 1 aromatic carbocycles. The average Bonchev–Trinajstić information content (AvgIpc) is 3.37. The fourth-order valence-corrected chi connectivity index (χ4v) is 6.92. The Balaban J connectivity index is 1.57. The molecule has 9 heteroatoms. The SMILES string of the molecule is CCNc1ccc(C#N)cc1N=C1SC(=C2SC3=C(CCCC3)N2C)C(=O)N1Cc1cccnc1. The number of carbonyl (C=O) groups excluding carboxylic acids is 1. The van der Waals surface area contributed by atoms with Gasteiger partial charge in [-0.3, -0.25) is 14.7 Å². The Morgan fingerprint density at radius 2 is 2.09 bits per heavy atom. The number of benzene rings is 1. The Morgan fingerprint density at radius 1 is 1.23 bits per heavy atom. The highest BCUT2D eigenvalue weighted by molar-refractivity contribution is 8.19. The summed E-state index contributed by atoms with van der Waals surface area (Å²) in [5, 5.41) is 14.3. The topological polar surface area (TPSA) is 84.6 Å². The van der Waals surface area contributed by atoms with Crippen molar-refractivity contribution in [3.05, 3.63) is 74.4 Å². The number of aromatic nitrogens is 1. The number of hydrogen-bond acceptors (Lipinski definition) is 8. The minimum atomic E-state index is -0.0479. The van der Waals surface area contributed by atoms with Crippen molar-refractivity contribution in [3.8, 4) is 6.07 Å². The van der Waals surface area contributed by atoms with Crippen LogP contribution in [0.25, 0.3) is 0 Å². The van der Waals surface area contributed by atoms with Crippen LogP contribution in [0.15, 0.2) is 68.3 Å². The quantitative estimate of drug-likeness (QED) is 0.519. The summed E-state index contributed by atoms with van der Waals surface area (Å²) in [6.07, 6.45) is 8.02. The molecule has 0 atom stereocenters. The van der Waals surface area contributed by atoms with Crippen molar-refractivity contribution in [1.82, 2.24) is 14.8 Å². The van der Waals surface area contributed by atoms with Crippen molar-refractivity contribution >= 4 is 46.0 Å². The number of nitriles is 1. The molecule has 7 nitrogen and oxygen atoms in total. The number of carbonyl (C=O) groups is 1. The number of hydrogen-bond donors (Lipinski definition) is 1. The molecule has 1 aromatic heterocycles. The van der Waals surface area contributed by atoms with Gasteiger partial charge in [0.25, 0.3) is 5.91 Å². The number of amides is 1. The van der Waals surface area contributed by atoms with E-state index in [0.29, 0.717) is 27.9 Å². The minimum absolute atomic E-state index is 0.0479. The van der Waals surface area contributed by atoms with Crippen LogP contribution in [-0.4, -0.2) is 39.5 Å². The molecule has 0 radical (unpaired) electrons. The second-order valence-corrected chi connectivity index (χ2v) is 10.6. The molecule has 0 spiro atoms. The molecule has 1 saturated heterocycles. The molecule has 2 aromatic rings. The highest BCUT2D eigenvalue weighted by Gasteiger charge is 2.40. The summed E-state index contributed by atoms with van der Waals surface area (Å²) in [5.41, 5.74) is 4.29. The lowest BCUT2D eigenvalue weighted by Gasteiger charge is -2.20. The summed E-state index contributed by atoms with van der Waals surface area (Å²) in [7, 11) is 2.07. The number of aliphatic imine (C=N–C) groups is 1. The maximum absolute atomic E-state index is 13.8. The first-order valence-electron chi connectivity index (χ1n) is 11.7. The van der Waals surface area contributed by atoms with Gasteiger partial charge >= 0.3 is 0 Å². The maximum atomic E-state index is 13.8. The molecular weight excluding hydrogens is 476 g/mol. The molecule has 35 heavy (non-hydrogen) atoms. The molecule has 178 valence electrons. The molecule has 0 unspecified atom stereocenters. The van der Waals surface area contributed by atoms with Gasteiger partial charge in [0.1, 0.15) is 4.91 Å². The van der Waals surface area contributed by atoms with Gasteiger partial charge < -0.3 is 10.2 Å². The van der Waals surface area contributed by atoms with E-state index in [1.165, 1.54) is 35.2 Å². The number of allylic oxidation sites excluding steroid dienone is 2. The molecule has 2 aliphatic heterocycles. The number of rotatable bonds is 5. The van der Waals surface area contributed by atoms with Crippen LogP contribution in [-0.2, 0) is 11.3 Å². The van der Waals surface area contributed by atoms with E-state index in [4.69, 9.17) is 4.99 Å². The number of pyridine rings is 1. The van der Waals surface area contributed by atoms with Crippen LogP contribution in [0.3, 0.4) is 0 Å². The fraction of sp³-hybridized carbons (Fsp3) is 0.308. The fourth-order valence-electron chi connectivity index (χ4n) is 4.40. The van der Waals surface area contributed by atoms with Crippen LogP contribution < -0.4 is 5.32 Å². The molecule has 5 rings (SSSR count). The summed E-state index contributed by atoms with van der Waals surface area (Å²) in [4.78, 5) is 29.0. The Hall–Kier alpha value is -3.22. The standard InChI is InChI=1S/C26H26N6OS2/c1-3-29-19-11-10-17(14-27)13-20(19)30-26-32(16-18-7-6-12-28-15-18)24(33)23(35-26)25-31(2)21-8-4-5-9-22(21)34-25/h6-7,10-13,15,29H,3-5,8-9,16H2,1-2H3. The van der Waals surface area contributed by atoms with Gasteiger partial charge in [-0.05, 0) is 74.2 Å². The summed E-state index contributed by atoms with van der Waals surface area (Å²) in [6.45, 7) is 3.12. The van der Waals surface area contributed by atoms with Gasteiger partial charge in [0.2, 0.25) is 0 Å². The van der Waals surface area contributed by atoms with Crippen LogP contribution in [0.2, 0.25) is 0 Å². The molecule has 3 aliphatic rings. The summed E-state index contributed by atoms with van der Waals surface area (Å²) in [6, 6.07) is 11.4. The van der Waals surface area contributed by atoms with Crippen molar-refractivity contribution in [2.24, 2.45) is 4.99 Å². The van der Waals surface area contributed by atoms with Crippen molar-refractivity contribution in [2.45, 2.75) is 39.2 Å². The van der Waals surface area contributed by atoms with Crippen molar-refractivity contribution in [2.75, 3.05) is 18.9 Å². The van der Waals surface area contributed by atoms with E-state index in [1.54, 1.807) is 41.2 Å². The predicted octanol–water partition coefficient (Wildman–Crippen LogP) is 5.78. The van der Waals surface area contributed by atoms with E-state index in [1.807, 2.05) is 25.1 Å².